The van der Waals surface area contributed by atoms with Crippen molar-refractivity contribution >= 4 is 14.2 Å². The fourth-order valence-corrected chi connectivity index (χ4v) is 2.59. The largest absolute Gasteiger partial charge is 0.295 e. The van der Waals surface area contributed by atoms with E-state index in [0.717, 1.165) is 10.8 Å². The van der Waals surface area contributed by atoms with Gasteiger partial charge in [0, 0.05) is 0 Å². The highest BCUT2D eigenvalue weighted by molar-refractivity contribution is 6.70. The standard InChI is InChI=1S/C10H13OSi/c1-3-8-12(11)10-7-5-4-6-9(10)2/h3-8,12H,1-2H3. The summed E-state index contributed by atoms with van der Waals surface area (Å²) in [6.07, 6.45) is 1.86. The minimum Gasteiger partial charge on any atom is -0.295 e. The summed E-state index contributed by atoms with van der Waals surface area (Å²) in [6, 6.07) is 9.65. The van der Waals surface area contributed by atoms with Crippen molar-refractivity contribution < 1.29 is 4.80 Å². The van der Waals surface area contributed by atoms with Crippen LogP contribution in [0.2, 0.25) is 0 Å². The van der Waals surface area contributed by atoms with Crippen LogP contribution in [0.1, 0.15) is 12.5 Å². The van der Waals surface area contributed by atoms with Crippen molar-refractivity contribution in [1.29, 1.82) is 0 Å². The molecule has 1 rings (SSSR count). The molecule has 2 heteroatoms. The monoisotopic (exact) mass is 177 g/mol. The van der Waals surface area contributed by atoms with Crippen LogP contribution in [-0.2, 0) is 4.80 Å². The molecule has 1 atom stereocenters. The molecule has 1 unspecified atom stereocenters. The van der Waals surface area contributed by atoms with E-state index in [1.807, 2.05) is 50.6 Å². The van der Waals surface area contributed by atoms with E-state index in [0.29, 0.717) is 0 Å². The van der Waals surface area contributed by atoms with E-state index in [9.17, 15) is 4.80 Å². The Morgan fingerprint density at radius 1 is 1.33 bits per heavy atom. The van der Waals surface area contributed by atoms with E-state index in [-0.39, 0.29) is 0 Å². The maximum atomic E-state index is 11.6. The van der Waals surface area contributed by atoms with Crippen molar-refractivity contribution in [1.82, 2.24) is 0 Å². The molecule has 0 spiro atoms. The van der Waals surface area contributed by atoms with Crippen LogP contribution in [0.3, 0.4) is 0 Å². The zero-order valence-electron chi connectivity index (χ0n) is 7.45. The van der Waals surface area contributed by atoms with Gasteiger partial charge >= 0.3 is 0 Å². The third kappa shape index (κ3) is 2.19. The van der Waals surface area contributed by atoms with Gasteiger partial charge < -0.3 is 0 Å². The van der Waals surface area contributed by atoms with Crippen LogP contribution in [0.5, 0.6) is 0 Å². The molecule has 0 N–H and O–H groups in total. The quantitative estimate of drug-likeness (QED) is 0.621. The summed E-state index contributed by atoms with van der Waals surface area (Å²) in [5.74, 6) is 0. The fourth-order valence-electron chi connectivity index (χ4n) is 1.18. The predicted molar refractivity (Wildman–Crippen MR) is 52.9 cm³/mol. The van der Waals surface area contributed by atoms with Gasteiger partial charge in [-0.25, -0.2) is 0 Å². The molecular formula is C10H13OSi. The average molecular weight is 177 g/mol. The lowest BCUT2D eigenvalue weighted by Crippen LogP contribution is -2.31. The van der Waals surface area contributed by atoms with Crippen molar-refractivity contribution in [2.24, 2.45) is 0 Å². The summed E-state index contributed by atoms with van der Waals surface area (Å²) < 4.78 is 0. The Labute approximate surface area is 75.8 Å². The SMILES string of the molecule is C[CH][CH][SiH]([O])c1ccccc1C. The molecule has 63 valence electrons. The molecule has 0 aromatic heterocycles. The molecule has 0 bridgehead atoms. The third-order valence-electron chi connectivity index (χ3n) is 1.86. The number of hydrogen-bond acceptors (Lipinski definition) is 0. The Hall–Kier alpha value is -0.603. The number of rotatable bonds is 3. The summed E-state index contributed by atoms with van der Waals surface area (Å²) in [4.78, 5) is 11.6. The second-order valence-electron chi connectivity index (χ2n) is 2.80. The highest BCUT2D eigenvalue weighted by Gasteiger charge is 2.12. The minimum absolute atomic E-state index is 1.01. The fraction of sp³-hybridized carbons (Fsp3) is 0.200. The third-order valence-corrected chi connectivity index (χ3v) is 3.86. The van der Waals surface area contributed by atoms with Gasteiger partial charge in [-0.05, 0) is 30.1 Å². The van der Waals surface area contributed by atoms with Crippen molar-refractivity contribution in [3.63, 3.8) is 0 Å². The maximum absolute atomic E-state index is 11.6. The Kier molecular flexibility index (Phi) is 3.50. The van der Waals surface area contributed by atoms with E-state index < -0.39 is 9.04 Å². The molecule has 3 radical (unpaired) electrons. The lowest BCUT2D eigenvalue weighted by atomic mass is 10.2. The summed E-state index contributed by atoms with van der Waals surface area (Å²) in [5.41, 5.74) is 1.13. The van der Waals surface area contributed by atoms with E-state index in [4.69, 9.17) is 0 Å². The van der Waals surface area contributed by atoms with Gasteiger partial charge in [-0.3, -0.25) is 4.80 Å². The van der Waals surface area contributed by atoms with Gasteiger partial charge in [-0.15, -0.1) is 0 Å². The summed E-state index contributed by atoms with van der Waals surface area (Å²) in [7, 11) is -2.03. The lowest BCUT2D eigenvalue weighted by Gasteiger charge is -2.07. The smallest absolute Gasteiger partial charge is 0.256 e. The first kappa shape index (κ1) is 9.48. The van der Waals surface area contributed by atoms with Gasteiger partial charge in [0.2, 0.25) is 0 Å². The molecule has 12 heavy (non-hydrogen) atoms. The van der Waals surface area contributed by atoms with Crippen molar-refractivity contribution in [2.75, 3.05) is 0 Å². The highest BCUT2D eigenvalue weighted by atomic mass is 28.3. The summed E-state index contributed by atoms with van der Waals surface area (Å²) >= 11 is 0. The Morgan fingerprint density at radius 3 is 2.58 bits per heavy atom. The molecule has 0 fully saturated rings. The maximum Gasteiger partial charge on any atom is 0.256 e. The van der Waals surface area contributed by atoms with Crippen LogP contribution >= 0.6 is 0 Å². The number of aryl methyl sites for hydroxylation is 1. The van der Waals surface area contributed by atoms with Crippen LogP contribution < -0.4 is 5.19 Å². The van der Waals surface area contributed by atoms with Crippen LogP contribution in [-0.4, -0.2) is 9.04 Å². The molecule has 0 heterocycles. The highest BCUT2D eigenvalue weighted by Crippen LogP contribution is 1.98. The molecule has 1 nitrogen and oxygen atoms in total. The minimum atomic E-state index is -2.03. The van der Waals surface area contributed by atoms with Gasteiger partial charge in [0.15, 0.2) is 0 Å². The van der Waals surface area contributed by atoms with Crippen molar-refractivity contribution in [3.8, 4) is 0 Å². The van der Waals surface area contributed by atoms with Gasteiger partial charge in [0.25, 0.3) is 9.04 Å². The Balaban J connectivity index is 2.79. The number of hydrogen-bond donors (Lipinski definition) is 0. The molecule has 1 aromatic carbocycles. The predicted octanol–water partition coefficient (Wildman–Crippen LogP) is 1.32. The van der Waals surface area contributed by atoms with Crippen LogP contribution in [0, 0.1) is 19.4 Å². The average Bonchev–Trinajstić information content (AvgIpc) is 2.05. The normalized spacial score (nSPS) is 12.9. The second-order valence-corrected chi connectivity index (χ2v) is 4.65. The molecule has 0 saturated heterocycles. The first-order valence-corrected chi connectivity index (χ1v) is 5.81. The molecule has 0 amide bonds. The molecule has 0 aliphatic rings. The summed E-state index contributed by atoms with van der Waals surface area (Å²) in [5, 5.41) is 1.01. The van der Waals surface area contributed by atoms with Crippen molar-refractivity contribution in [2.45, 2.75) is 13.8 Å². The first-order valence-electron chi connectivity index (χ1n) is 4.10. The Morgan fingerprint density at radius 2 is 2.00 bits per heavy atom. The van der Waals surface area contributed by atoms with Gasteiger partial charge in [-0.1, -0.05) is 31.2 Å². The molecule has 1 aromatic rings. The van der Waals surface area contributed by atoms with Crippen molar-refractivity contribution in [3.05, 3.63) is 42.3 Å². The topological polar surface area (TPSA) is 19.9 Å². The summed E-state index contributed by atoms with van der Waals surface area (Å²) in [6.45, 7) is 3.90. The molecule has 0 aliphatic heterocycles. The van der Waals surface area contributed by atoms with Gasteiger partial charge in [-0.2, -0.15) is 0 Å². The van der Waals surface area contributed by atoms with E-state index >= 15 is 0 Å². The van der Waals surface area contributed by atoms with Gasteiger partial charge in [0.05, 0.1) is 0 Å². The zero-order chi connectivity index (χ0) is 8.97. The zero-order valence-corrected chi connectivity index (χ0v) is 8.60. The first-order chi connectivity index (χ1) is 5.75. The van der Waals surface area contributed by atoms with E-state index in [1.54, 1.807) is 0 Å². The second kappa shape index (κ2) is 4.43. The molecule has 0 saturated carbocycles. The number of benzene rings is 1. The molecule has 0 aliphatic carbocycles. The van der Waals surface area contributed by atoms with E-state index in [2.05, 4.69) is 0 Å². The molecular weight excluding hydrogens is 164 g/mol. The van der Waals surface area contributed by atoms with Crippen LogP contribution in [0.25, 0.3) is 0 Å². The lowest BCUT2D eigenvalue weighted by molar-refractivity contribution is 0.466. The van der Waals surface area contributed by atoms with Crippen LogP contribution in [0.4, 0.5) is 0 Å². The van der Waals surface area contributed by atoms with Crippen LogP contribution in [0.15, 0.2) is 24.3 Å². The Bertz CT molecular complexity index is 247. The van der Waals surface area contributed by atoms with Gasteiger partial charge in [0.1, 0.15) is 0 Å². The van der Waals surface area contributed by atoms with E-state index in [1.165, 1.54) is 0 Å².